The molecule has 0 aliphatic carbocycles. The molecule has 0 radical (unpaired) electrons. The van der Waals surface area contributed by atoms with Gasteiger partial charge >= 0.3 is 0 Å². The Kier molecular flexibility index (Phi) is 5.57. The fourth-order valence-corrected chi connectivity index (χ4v) is 3.26. The highest BCUT2D eigenvalue weighted by molar-refractivity contribution is 5.83. The predicted octanol–water partition coefficient (Wildman–Crippen LogP) is 3.97. The maximum atomic E-state index is 6.05. The van der Waals surface area contributed by atoms with Crippen LogP contribution in [0.5, 0.6) is 5.75 Å². The number of ether oxygens (including phenoxy) is 1. The van der Waals surface area contributed by atoms with Gasteiger partial charge in [-0.3, -0.25) is 0 Å². The average Bonchev–Trinajstić information content (AvgIpc) is 3.01. The van der Waals surface area contributed by atoms with E-state index in [4.69, 9.17) is 9.15 Å². The first-order valence-electron chi connectivity index (χ1n) is 8.89. The zero-order valence-corrected chi connectivity index (χ0v) is 14.3. The number of likely N-dealkylation sites (tertiary alicyclic amines) is 1. The smallest absolute Gasteiger partial charge is 0.176 e. The van der Waals surface area contributed by atoms with Gasteiger partial charge in [-0.25, -0.2) is 0 Å². The molecule has 1 aliphatic rings. The second-order valence-corrected chi connectivity index (χ2v) is 6.33. The quantitative estimate of drug-likeness (QED) is 0.839. The van der Waals surface area contributed by atoms with E-state index in [0.717, 1.165) is 35.6 Å². The summed E-state index contributed by atoms with van der Waals surface area (Å²) in [7, 11) is 0. The summed E-state index contributed by atoms with van der Waals surface area (Å²) in [6, 6.07) is 8.39. The zero-order chi connectivity index (χ0) is 16.1. The minimum absolute atomic E-state index is 0.210. The SMILES string of the molecule is CCOc1cccc2cc(C(C)NCCN3CCCCC3)oc12. The molecule has 1 N–H and O–H groups in total. The van der Waals surface area contributed by atoms with Gasteiger partial charge in [-0.2, -0.15) is 0 Å². The molecular weight excluding hydrogens is 288 g/mol. The fraction of sp³-hybridized carbons (Fsp3) is 0.579. The van der Waals surface area contributed by atoms with E-state index in [0.29, 0.717) is 6.61 Å². The number of rotatable bonds is 7. The van der Waals surface area contributed by atoms with Crippen molar-refractivity contribution in [3.63, 3.8) is 0 Å². The molecule has 23 heavy (non-hydrogen) atoms. The van der Waals surface area contributed by atoms with Crippen molar-refractivity contribution in [3.8, 4) is 5.75 Å². The van der Waals surface area contributed by atoms with E-state index in [1.165, 1.54) is 32.4 Å². The van der Waals surface area contributed by atoms with Gasteiger partial charge in [-0.1, -0.05) is 18.6 Å². The number of nitrogens with one attached hydrogen (secondary N) is 1. The summed E-state index contributed by atoms with van der Waals surface area (Å²) < 4.78 is 11.7. The summed E-state index contributed by atoms with van der Waals surface area (Å²) in [6.45, 7) is 9.42. The third kappa shape index (κ3) is 4.06. The lowest BCUT2D eigenvalue weighted by atomic mass is 10.1. The van der Waals surface area contributed by atoms with E-state index in [2.05, 4.69) is 29.3 Å². The normalized spacial score (nSPS) is 17.5. The van der Waals surface area contributed by atoms with Crippen LogP contribution in [0.15, 0.2) is 28.7 Å². The van der Waals surface area contributed by atoms with Gasteiger partial charge in [-0.05, 0) is 51.9 Å². The van der Waals surface area contributed by atoms with Crippen molar-refractivity contribution < 1.29 is 9.15 Å². The van der Waals surface area contributed by atoms with Crippen LogP contribution in [0.4, 0.5) is 0 Å². The average molecular weight is 316 g/mol. The molecule has 4 heteroatoms. The highest BCUT2D eigenvalue weighted by Gasteiger charge is 2.15. The molecule has 1 aromatic heterocycles. The Morgan fingerprint density at radius 1 is 1.26 bits per heavy atom. The Balaban J connectivity index is 1.59. The van der Waals surface area contributed by atoms with Crippen LogP contribution in [-0.2, 0) is 0 Å². The van der Waals surface area contributed by atoms with E-state index in [9.17, 15) is 0 Å². The number of nitrogens with zero attached hydrogens (tertiary/aromatic N) is 1. The molecule has 2 aromatic rings. The van der Waals surface area contributed by atoms with Crippen LogP contribution in [0.25, 0.3) is 11.0 Å². The monoisotopic (exact) mass is 316 g/mol. The second kappa shape index (κ2) is 7.84. The van der Waals surface area contributed by atoms with Crippen molar-refractivity contribution in [2.45, 2.75) is 39.2 Å². The summed E-state index contributed by atoms with van der Waals surface area (Å²) in [6.07, 6.45) is 4.08. The highest BCUT2D eigenvalue weighted by atomic mass is 16.5. The maximum absolute atomic E-state index is 6.05. The molecule has 1 atom stereocenters. The van der Waals surface area contributed by atoms with E-state index < -0.39 is 0 Å². The molecule has 2 heterocycles. The maximum Gasteiger partial charge on any atom is 0.176 e. The summed E-state index contributed by atoms with van der Waals surface area (Å²) in [5.74, 6) is 1.81. The van der Waals surface area contributed by atoms with Crippen molar-refractivity contribution >= 4 is 11.0 Å². The summed E-state index contributed by atoms with van der Waals surface area (Å²) >= 11 is 0. The Bertz CT molecular complexity index is 617. The van der Waals surface area contributed by atoms with Crippen molar-refractivity contribution in [1.29, 1.82) is 0 Å². The number of para-hydroxylation sites is 1. The van der Waals surface area contributed by atoms with Crippen LogP contribution < -0.4 is 10.1 Å². The zero-order valence-electron chi connectivity index (χ0n) is 14.3. The summed E-state index contributed by atoms with van der Waals surface area (Å²) in [5, 5.41) is 4.69. The Hall–Kier alpha value is -1.52. The molecule has 1 aliphatic heterocycles. The van der Waals surface area contributed by atoms with Crippen LogP contribution >= 0.6 is 0 Å². The molecule has 0 saturated carbocycles. The lowest BCUT2D eigenvalue weighted by molar-refractivity contribution is 0.225. The van der Waals surface area contributed by atoms with Gasteiger partial charge in [0.25, 0.3) is 0 Å². The molecule has 1 unspecified atom stereocenters. The van der Waals surface area contributed by atoms with Crippen LogP contribution in [0, 0.1) is 0 Å². The van der Waals surface area contributed by atoms with Crippen molar-refractivity contribution in [1.82, 2.24) is 10.2 Å². The third-order valence-electron chi connectivity index (χ3n) is 4.58. The van der Waals surface area contributed by atoms with Gasteiger partial charge in [0.2, 0.25) is 0 Å². The fourth-order valence-electron chi connectivity index (χ4n) is 3.26. The van der Waals surface area contributed by atoms with Crippen LogP contribution in [0.2, 0.25) is 0 Å². The molecule has 3 rings (SSSR count). The standard InChI is InChI=1S/C19H28N2O2/c1-3-22-17-9-7-8-16-14-18(23-19(16)17)15(2)20-10-13-21-11-5-4-6-12-21/h7-9,14-15,20H,3-6,10-13H2,1-2H3. The van der Waals surface area contributed by atoms with Gasteiger partial charge in [-0.15, -0.1) is 0 Å². The Labute approximate surface area is 138 Å². The first kappa shape index (κ1) is 16.3. The molecule has 0 spiro atoms. The lowest BCUT2D eigenvalue weighted by Gasteiger charge is -2.26. The topological polar surface area (TPSA) is 37.6 Å². The predicted molar refractivity (Wildman–Crippen MR) is 94.1 cm³/mol. The first-order valence-corrected chi connectivity index (χ1v) is 8.89. The van der Waals surface area contributed by atoms with Gasteiger partial charge in [0.05, 0.1) is 12.6 Å². The second-order valence-electron chi connectivity index (χ2n) is 6.33. The minimum Gasteiger partial charge on any atom is -0.490 e. The molecule has 1 aromatic carbocycles. The van der Waals surface area contributed by atoms with E-state index in [-0.39, 0.29) is 6.04 Å². The molecule has 126 valence electrons. The van der Waals surface area contributed by atoms with Crippen molar-refractivity contribution in [2.24, 2.45) is 0 Å². The van der Waals surface area contributed by atoms with Crippen molar-refractivity contribution in [3.05, 3.63) is 30.0 Å². The largest absolute Gasteiger partial charge is 0.490 e. The number of piperidine rings is 1. The van der Waals surface area contributed by atoms with Gasteiger partial charge < -0.3 is 19.4 Å². The van der Waals surface area contributed by atoms with E-state index in [1.54, 1.807) is 0 Å². The Morgan fingerprint density at radius 3 is 2.87 bits per heavy atom. The summed E-state index contributed by atoms with van der Waals surface area (Å²) in [4.78, 5) is 2.55. The van der Waals surface area contributed by atoms with Crippen LogP contribution in [0.3, 0.4) is 0 Å². The number of furan rings is 1. The number of fused-ring (bicyclic) bond motifs is 1. The van der Waals surface area contributed by atoms with E-state index in [1.807, 2.05) is 19.1 Å². The third-order valence-corrected chi connectivity index (χ3v) is 4.58. The van der Waals surface area contributed by atoms with Crippen molar-refractivity contribution in [2.75, 3.05) is 32.8 Å². The number of hydrogen-bond donors (Lipinski definition) is 1. The molecule has 4 nitrogen and oxygen atoms in total. The Morgan fingerprint density at radius 2 is 2.09 bits per heavy atom. The van der Waals surface area contributed by atoms with Gasteiger partial charge in [0.1, 0.15) is 5.76 Å². The van der Waals surface area contributed by atoms with E-state index >= 15 is 0 Å². The summed E-state index contributed by atoms with van der Waals surface area (Å²) in [5.41, 5.74) is 0.856. The number of hydrogen-bond acceptors (Lipinski definition) is 4. The number of benzene rings is 1. The first-order chi connectivity index (χ1) is 11.3. The van der Waals surface area contributed by atoms with Gasteiger partial charge in [0.15, 0.2) is 11.3 Å². The minimum atomic E-state index is 0.210. The molecule has 1 fully saturated rings. The molecule has 0 bridgehead atoms. The molecular formula is C19H28N2O2. The van der Waals surface area contributed by atoms with Crippen LogP contribution in [-0.4, -0.2) is 37.7 Å². The highest BCUT2D eigenvalue weighted by Crippen LogP contribution is 2.31. The van der Waals surface area contributed by atoms with Gasteiger partial charge in [0, 0.05) is 18.5 Å². The van der Waals surface area contributed by atoms with Crippen LogP contribution in [0.1, 0.15) is 44.9 Å². The molecule has 1 saturated heterocycles. The lowest BCUT2D eigenvalue weighted by Crippen LogP contribution is -2.36. The molecule has 0 amide bonds.